The molecule has 3 amide bonds. The molecule has 0 bridgehead atoms. The van der Waals surface area contributed by atoms with Gasteiger partial charge in [-0.25, -0.2) is 4.79 Å². The summed E-state index contributed by atoms with van der Waals surface area (Å²) in [6, 6.07) is 16.7. The molecule has 1 aliphatic carbocycles. The van der Waals surface area contributed by atoms with Crippen LogP contribution < -0.4 is 10.1 Å². The number of fused-ring (bicyclic) bond motifs is 1. The van der Waals surface area contributed by atoms with E-state index in [4.69, 9.17) is 16.3 Å². The van der Waals surface area contributed by atoms with E-state index in [1.54, 1.807) is 28.4 Å². The number of urea groups is 1. The Morgan fingerprint density at radius 3 is 2.57 bits per heavy atom. The molecular weight excluding hydrogens is 482 g/mol. The molecule has 3 aromatic rings. The summed E-state index contributed by atoms with van der Waals surface area (Å²) in [7, 11) is 0. The van der Waals surface area contributed by atoms with Crippen LogP contribution in [0.2, 0.25) is 5.02 Å². The predicted octanol–water partition coefficient (Wildman–Crippen LogP) is 5.91. The van der Waals surface area contributed by atoms with Crippen LogP contribution in [0.4, 0.5) is 10.5 Å². The average molecular weight is 510 g/mol. The fourth-order valence-electron chi connectivity index (χ4n) is 4.40. The molecule has 8 heteroatoms. The van der Waals surface area contributed by atoms with E-state index in [1.807, 2.05) is 48.2 Å². The second kappa shape index (κ2) is 10.3. The Morgan fingerprint density at radius 2 is 1.86 bits per heavy atom. The standard InChI is InChI=1S/C27H28ClN3O3S/c1-18-2-6-20(7-3-18)29-27(33)31(21-8-9-21)16-26(32)30-14-12-25-23(13-15-35-25)24(30)17-34-22-10-4-19(28)5-11-22/h2-7,10-11,13,15,21,24H,8-9,12,14,16-17H2,1H3,(H,29,33). The Labute approximate surface area is 214 Å². The summed E-state index contributed by atoms with van der Waals surface area (Å²) < 4.78 is 6.07. The van der Waals surface area contributed by atoms with Crippen molar-refractivity contribution in [1.82, 2.24) is 9.80 Å². The van der Waals surface area contributed by atoms with Gasteiger partial charge in [-0.1, -0.05) is 29.3 Å². The summed E-state index contributed by atoms with van der Waals surface area (Å²) in [5.41, 5.74) is 2.99. The smallest absolute Gasteiger partial charge is 0.322 e. The maximum Gasteiger partial charge on any atom is 0.322 e. The van der Waals surface area contributed by atoms with Crippen molar-refractivity contribution in [2.75, 3.05) is 25.0 Å². The van der Waals surface area contributed by atoms with Crippen LogP contribution in [0.1, 0.15) is 34.9 Å². The highest BCUT2D eigenvalue weighted by molar-refractivity contribution is 7.10. The average Bonchev–Trinajstić information content (AvgIpc) is 3.58. The second-order valence-corrected chi connectivity index (χ2v) is 10.5. The highest BCUT2D eigenvalue weighted by Crippen LogP contribution is 2.35. The SMILES string of the molecule is Cc1ccc(NC(=O)N(CC(=O)N2CCc3sccc3C2COc2ccc(Cl)cc2)C2CC2)cc1. The number of nitrogens with zero attached hydrogens (tertiary/aromatic N) is 2. The molecule has 1 N–H and O–H groups in total. The monoisotopic (exact) mass is 509 g/mol. The van der Waals surface area contributed by atoms with Crippen molar-refractivity contribution in [2.24, 2.45) is 0 Å². The van der Waals surface area contributed by atoms with Crippen LogP contribution in [0, 0.1) is 6.92 Å². The molecule has 6 nitrogen and oxygen atoms in total. The molecule has 5 rings (SSSR count). The molecule has 1 atom stereocenters. The van der Waals surface area contributed by atoms with Crippen molar-refractivity contribution in [2.45, 2.75) is 38.3 Å². The Kier molecular flexibility index (Phi) is 6.97. The van der Waals surface area contributed by atoms with Crippen molar-refractivity contribution in [3.8, 4) is 5.75 Å². The molecule has 2 aromatic carbocycles. The van der Waals surface area contributed by atoms with Crippen LogP contribution in [-0.2, 0) is 11.2 Å². The zero-order valence-corrected chi connectivity index (χ0v) is 21.1. The van der Waals surface area contributed by atoms with Gasteiger partial charge < -0.3 is 19.9 Å². The number of hydrogen-bond donors (Lipinski definition) is 1. The molecule has 35 heavy (non-hydrogen) atoms. The number of anilines is 1. The quantitative estimate of drug-likeness (QED) is 0.430. The number of halogens is 1. The lowest BCUT2D eigenvalue weighted by molar-refractivity contribution is -0.135. The second-order valence-electron chi connectivity index (χ2n) is 9.07. The minimum absolute atomic E-state index is 0.0548. The third kappa shape index (κ3) is 5.63. The summed E-state index contributed by atoms with van der Waals surface area (Å²) in [6.45, 7) is 3.01. The largest absolute Gasteiger partial charge is 0.491 e. The van der Waals surface area contributed by atoms with Gasteiger partial charge in [0.05, 0.1) is 6.04 Å². The van der Waals surface area contributed by atoms with Gasteiger partial charge in [0, 0.05) is 28.2 Å². The van der Waals surface area contributed by atoms with E-state index in [2.05, 4.69) is 16.8 Å². The van der Waals surface area contributed by atoms with Crippen molar-refractivity contribution < 1.29 is 14.3 Å². The summed E-state index contributed by atoms with van der Waals surface area (Å²) in [5.74, 6) is 0.652. The first-order valence-electron chi connectivity index (χ1n) is 11.9. The van der Waals surface area contributed by atoms with Crippen LogP contribution in [0.5, 0.6) is 5.75 Å². The van der Waals surface area contributed by atoms with E-state index in [-0.39, 0.29) is 30.6 Å². The summed E-state index contributed by atoms with van der Waals surface area (Å²) in [5, 5.41) is 5.67. The number of ether oxygens (including phenoxy) is 1. The molecular formula is C27H28ClN3O3S. The maximum atomic E-state index is 13.6. The van der Waals surface area contributed by atoms with Crippen LogP contribution in [0.3, 0.4) is 0 Å². The number of amides is 3. The van der Waals surface area contributed by atoms with E-state index in [9.17, 15) is 9.59 Å². The minimum Gasteiger partial charge on any atom is -0.491 e. The van der Waals surface area contributed by atoms with E-state index in [0.29, 0.717) is 23.9 Å². The third-order valence-corrected chi connectivity index (χ3v) is 7.74. The van der Waals surface area contributed by atoms with Gasteiger partial charge in [-0.3, -0.25) is 4.79 Å². The van der Waals surface area contributed by atoms with Gasteiger partial charge >= 0.3 is 6.03 Å². The summed E-state index contributed by atoms with van der Waals surface area (Å²) in [6.07, 6.45) is 2.66. The number of nitrogens with one attached hydrogen (secondary N) is 1. The van der Waals surface area contributed by atoms with Gasteiger partial charge in [-0.15, -0.1) is 11.3 Å². The number of hydrogen-bond acceptors (Lipinski definition) is 4. The van der Waals surface area contributed by atoms with E-state index >= 15 is 0 Å². The Balaban J connectivity index is 1.29. The Bertz CT molecular complexity index is 1190. The van der Waals surface area contributed by atoms with Crippen molar-refractivity contribution in [3.63, 3.8) is 0 Å². The lowest BCUT2D eigenvalue weighted by atomic mass is 10.0. The molecule has 1 unspecified atom stereocenters. The molecule has 1 fully saturated rings. The van der Waals surface area contributed by atoms with Crippen molar-refractivity contribution in [3.05, 3.63) is 81.0 Å². The fraction of sp³-hybridized carbons (Fsp3) is 0.333. The normalized spacial score (nSPS) is 17.0. The number of aryl methyl sites for hydroxylation is 1. The van der Waals surface area contributed by atoms with Crippen molar-refractivity contribution in [1.29, 1.82) is 0 Å². The zero-order valence-electron chi connectivity index (χ0n) is 19.6. The molecule has 182 valence electrons. The predicted molar refractivity (Wildman–Crippen MR) is 139 cm³/mol. The number of benzene rings is 2. The van der Waals surface area contributed by atoms with Crippen LogP contribution in [0.25, 0.3) is 0 Å². The van der Waals surface area contributed by atoms with Crippen LogP contribution >= 0.6 is 22.9 Å². The molecule has 0 saturated heterocycles. The van der Waals surface area contributed by atoms with Gasteiger partial charge in [0.2, 0.25) is 5.91 Å². The van der Waals surface area contributed by atoms with Crippen LogP contribution in [-0.4, -0.2) is 47.5 Å². The Morgan fingerprint density at radius 1 is 1.11 bits per heavy atom. The van der Waals surface area contributed by atoms with E-state index in [1.165, 1.54) is 4.88 Å². The van der Waals surface area contributed by atoms with E-state index < -0.39 is 0 Å². The molecule has 1 aromatic heterocycles. The first-order valence-corrected chi connectivity index (χ1v) is 13.1. The number of rotatable bonds is 7. The van der Waals surface area contributed by atoms with Gasteiger partial charge in [-0.05, 0) is 79.6 Å². The third-order valence-electron chi connectivity index (χ3n) is 6.49. The van der Waals surface area contributed by atoms with Gasteiger partial charge in [-0.2, -0.15) is 0 Å². The lowest BCUT2D eigenvalue weighted by Gasteiger charge is -2.37. The molecule has 1 aliphatic heterocycles. The molecule has 2 aliphatic rings. The molecule has 0 radical (unpaired) electrons. The first-order chi connectivity index (χ1) is 17.0. The molecule has 0 spiro atoms. The molecule has 1 saturated carbocycles. The first kappa shape index (κ1) is 23.7. The van der Waals surface area contributed by atoms with Crippen molar-refractivity contribution >= 4 is 40.6 Å². The summed E-state index contributed by atoms with van der Waals surface area (Å²) >= 11 is 7.71. The number of carbonyl (C=O) groups excluding carboxylic acids is 2. The topological polar surface area (TPSA) is 61.9 Å². The maximum absolute atomic E-state index is 13.6. The Hall–Kier alpha value is -3.03. The van der Waals surface area contributed by atoms with E-state index in [0.717, 1.165) is 36.1 Å². The highest BCUT2D eigenvalue weighted by Gasteiger charge is 2.38. The number of carbonyl (C=O) groups is 2. The number of thiophene rings is 1. The molecule has 2 heterocycles. The van der Waals surface area contributed by atoms with Gasteiger partial charge in [0.25, 0.3) is 0 Å². The van der Waals surface area contributed by atoms with Crippen LogP contribution in [0.15, 0.2) is 60.0 Å². The fourth-order valence-corrected chi connectivity index (χ4v) is 5.46. The highest BCUT2D eigenvalue weighted by atomic mass is 35.5. The van der Waals surface area contributed by atoms with Gasteiger partial charge in [0.15, 0.2) is 0 Å². The lowest BCUT2D eigenvalue weighted by Crippen LogP contribution is -2.49. The summed E-state index contributed by atoms with van der Waals surface area (Å²) in [4.78, 5) is 31.5. The minimum atomic E-state index is -0.230. The zero-order chi connectivity index (χ0) is 24.4. The van der Waals surface area contributed by atoms with Gasteiger partial charge in [0.1, 0.15) is 18.9 Å².